The van der Waals surface area contributed by atoms with Crippen molar-refractivity contribution < 1.29 is 49.0 Å². The lowest BCUT2D eigenvalue weighted by molar-refractivity contribution is -0.384. The first-order chi connectivity index (χ1) is 41.4. The first-order valence-electron chi connectivity index (χ1n) is 34.9. The highest BCUT2D eigenvalue weighted by Crippen LogP contribution is 2.70. The minimum absolute atomic E-state index is 0. The number of esters is 1. The Kier molecular flexibility index (Phi) is 20.6. The van der Waals surface area contributed by atoms with Crippen molar-refractivity contribution in [3.63, 3.8) is 0 Å². The second kappa shape index (κ2) is 26.4. The Bertz CT molecular complexity index is 2810. The molecule has 0 saturated heterocycles. The molecule has 1 aromatic carbocycles. The normalized spacial score (nSPS) is 43.0. The summed E-state index contributed by atoms with van der Waals surface area (Å²) < 4.78 is 5.79. The van der Waals surface area contributed by atoms with Crippen LogP contribution in [0.25, 0.3) is 0 Å². The van der Waals surface area contributed by atoms with E-state index in [-0.39, 0.29) is 81.4 Å². The Labute approximate surface area is 538 Å². The summed E-state index contributed by atoms with van der Waals surface area (Å²) in [4.78, 5) is 68.9. The van der Waals surface area contributed by atoms with Crippen molar-refractivity contribution in [3.05, 3.63) is 74.9 Å². The van der Waals surface area contributed by atoms with Crippen LogP contribution in [0.15, 0.2) is 59.2 Å². The molecule has 9 saturated carbocycles. The van der Waals surface area contributed by atoms with Crippen molar-refractivity contribution in [3.8, 4) is 0 Å². The molecule has 0 aromatic heterocycles. The molecular formula is C75H111ClN2O11. The number of nitrogens with two attached hydrogens (primary N) is 1. The zero-order valence-corrected chi connectivity index (χ0v) is 56.7. The molecule has 12 aliphatic rings. The average molecular weight is 1250 g/mol. The molecule has 89 heavy (non-hydrogen) atoms. The fourth-order valence-electron chi connectivity index (χ4n) is 23.4. The van der Waals surface area contributed by atoms with E-state index < -0.39 is 16.9 Å². The number of carbonyl (C=O) groups excluding carboxylic acids is 4. The number of rotatable bonds is 8. The minimum Gasteiger partial charge on any atom is -0.478 e. The summed E-state index contributed by atoms with van der Waals surface area (Å²) in [6.07, 6.45) is 34.0. The van der Waals surface area contributed by atoms with Gasteiger partial charge in [0.15, 0.2) is 0 Å². The predicted molar refractivity (Wildman–Crippen MR) is 350 cm³/mol. The van der Waals surface area contributed by atoms with Gasteiger partial charge in [-0.3, -0.25) is 29.3 Å². The number of carbonyl (C=O) groups is 5. The third-order valence-corrected chi connectivity index (χ3v) is 28.3. The predicted octanol–water partition coefficient (Wildman–Crippen LogP) is 15.8. The van der Waals surface area contributed by atoms with Crippen LogP contribution in [0.5, 0.6) is 0 Å². The van der Waals surface area contributed by atoms with Crippen molar-refractivity contribution >= 4 is 47.4 Å². The Hall–Kier alpha value is -4.04. The highest BCUT2D eigenvalue weighted by Gasteiger charge is 2.63. The van der Waals surface area contributed by atoms with E-state index in [0.717, 1.165) is 118 Å². The zero-order valence-electron chi connectivity index (χ0n) is 55.9. The highest BCUT2D eigenvalue weighted by molar-refractivity contribution is 5.87. The molecule has 494 valence electrons. The number of aromatic carboxylic acids is 1. The van der Waals surface area contributed by atoms with Gasteiger partial charge in [0.2, 0.25) is 0 Å². The fraction of sp³-hybridized carbons (Fsp3) is 0.773. The summed E-state index contributed by atoms with van der Waals surface area (Å²) >= 11 is 0. The van der Waals surface area contributed by atoms with Crippen molar-refractivity contribution in [2.24, 2.45) is 115 Å². The number of halogens is 1. The molecule has 1 aromatic rings. The first-order valence-corrected chi connectivity index (χ1v) is 34.9. The molecule has 22 atom stereocenters. The second-order valence-electron chi connectivity index (χ2n) is 32.5. The van der Waals surface area contributed by atoms with Crippen molar-refractivity contribution in [1.29, 1.82) is 0 Å². The summed E-state index contributed by atoms with van der Waals surface area (Å²) in [5, 5.41) is 38.6. The van der Waals surface area contributed by atoms with Crippen LogP contribution in [0.4, 0.5) is 5.69 Å². The maximum Gasteiger partial charge on any atom is 0.335 e. The number of non-ortho nitro benzene ring substituents is 1. The fourth-order valence-corrected chi connectivity index (χ4v) is 23.4. The molecular weight excluding hydrogens is 1140 g/mol. The van der Waals surface area contributed by atoms with Gasteiger partial charge in [0.05, 0.1) is 22.7 Å². The second-order valence-corrected chi connectivity index (χ2v) is 32.5. The summed E-state index contributed by atoms with van der Waals surface area (Å²) in [6.45, 7) is 24.0. The molecule has 0 bridgehead atoms. The van der Waals surface area contributed by atoms with Crippen LogP contribution in [0, 0.1) is 120 Å². The molecule has 13 nitrogen and oxygen atoms in total. The Morgan fingerprint density at radius 3 is 1.19 bits per heavy atom. The molecule has 9 unspecified atom stereocenters. The van der Waals surface area contributed by atoms with Gasteiger partial charge < -0.3 is 25.8 Å². The number of Topliss-reactive ketones (excluding diaryl/α,β-unsaturated/α-hetero) is 3. The Balaban J connectivity index is 0.000000146. The lowest BCUT2D eigenvalue weighted by atomic mass is 9.46. The third kappa shape index (κ3) is 12.6. The van der Waals surface area contributed by atoms with E-state index in [0.29, 0.717) is 51.9 Å². The standard InChI is InChI=1S/C26H41NO3.2C21H32O2.C7H5NO4.ClH/c1-15(2)23(27)24(29)30-18-10-12-25(4)17(14-18)6-7-19-21-9-8-20(16(3)28)26(21,5)13-11-22(19)25;2*1-13(22)17-6-7-18-16-5-4-14-12-15(23)8-10-20(14,2)19(16)9-11-21(17,18)3;9-7(10)5-1-3-6(4-2-5)8(11)12;/h14-15,18-23H,6-13,27H2,1-5H3;2*12,15-19,23H,4-11H2,1-3H3;1-4H,(H,9,10);1H/t18-,19?,20-,21?,22?,23+,25+,26-;15-,16?,17+,18?,19?,20-,21+;15-,16?,17-,18?,19?,20+,21-;;/m101../s1. The number of allylic oxidation sites excluding steroid dienone is 3. The maximum absolute atomic E-state index is 12.4. The molecule has 0 radical (unpaired) electrons. The number of aliphatic hydroxyl groups is 2. The third-order valence-electron chi connectivity index (χ3n) is 28.3. The van der Waals surface area contributed by atoms with Gasteiger partial charge in [-0.1, -0.05) is 84.3 Å². The van der Waals surface area contributed by atoms with Crippen molar-refractivity contribution in [1.82, 2.24) is 0 Å². The van der Waals surface area contributed by atoms with Gasteiger partial charge in [-0.15, -0.1) is 12.4 Å². The van der Waals surface area contributed by atoms with Gasteiger partial charge in [-0.05, 0) is 285 Å². The van der Waals surface area contributed by atoms with Crippen molar-refractivity contribution in [2.75, 3.05) is 0 Å². The van der Waals surface area contributed by atoms with E-state index in [1.807, 2.05) is 27.7 Å². The van der Waals surface area contributed by atoms with Gasteiger partial charge >= 0.3 is 11.9 Å². The van der Waals surface area contributed by atoms with Gasteiger partial charge in [-0.2, -0.15) is 0 Å². The van der Waals surface area contributed by atoms with Crippen LogP contribution in [0.2, 0.25) is 0 Å². The van der Waals surface area contributed by atoms with Crippen LogP contribution >= 0.6 is 12.4 Å². The molecule has 0 spiro atoms. The molecule has 0 amide bonds. The van der Waals surface area contributed by atoms with E-state index in [2.05, 4.69) is 59.8 Å². The number of hydrogen-bond donors (Lipinski definition) is 4. The van der Waals surface area contributed by atoms with E-state index in [4.69, 9.17) is 15.6 Å². The SMILES string of the molecule is CC(=O)[C@H]1CCC2C3CCC4=C[C@@H](O)CC[C@]4(C)C3CC[C@@]21C.CC(=O)[C@H]1CCC2C3CCC4=C[C@H](O)CC[C@]4(C)C3CC[C@@]21C.CC(=O)[C@H]1CCC2C3CCC4=C[C@H](OC(=O)[C@@H](N)C(C)C)CC[C@]4(C)C3CC[C@@]21C.Cl.O=C(O)c1ccc([N+](=O)[O-])cc1. The highest BCUT2D eigenvalue weighted by atomic mass is 35.5. The summed E-state index contributed by atoms with van der Waals surface area (Å²) in [6, 6.07) is 4.16. The van der Waals surface area contributed by atoms with Gasteiger partial charge in [0.25, 0.3) is 5.69 Å². The number of fused-ring (bicyclic) bond motifs is 15. The Morgan fingerprint density at radius 2 is 0.865 bits per heavy atom. The topological polar surface area (TPSA) is 224 Å². The molecule has 9 fully saturated rings. The molecule has 5 N–H and O–H groups in total. The smallest absolute Gasteiger partial charge is 0.335 e. The quantitative estimate of drug-likeness (QED) is 0.0826. The largest absolute Gasteiger partial charge is 0.478 e. The number of nitro groups is 1. The van der Waals surface area contributed by atoms with Gasteiger partial charge in [-0.25, -0.2) is 4.79 Å². The number of benzene rings is 1. The van der Waals surface area contributed by atoms with E-state index >= 15 is 0 Å². The number of ether oxygens (including phenoxy) is 1. The summed E-state index contributed by atoms with van der Waals surface area (Å²) in [5.41, 5.74) is 12.1. The number of nitro benzene ring substituents is 1. The molecule has 14 heteroatoms. The molecule has 0 heterocycles. The van der Waals surface area contributed by atoms with Gasteiger partial charge in [0.1, 0.15) is 29.5 Å². The van der Waals surface area contributed by atoms with Gasteiger partial charge in [0, 0.05) is 29.9 Å². The maximum atomic E-state index is 12.4. The number of ketones is 3. The van der Waals surface area contributed by atoms with Crippen LogP contribution < -0.4 is 5.73 Å². The van der Waals surface area contributed by atoms with Crippen LogP contribution in [0.1, 0.15) is 241 Å². The molecule has 13 rings (SSSR count). The number of carboxylic acid groups (broad SMARTS) is 1. The minimum atomic E-state index is -1.09. The summed E-state index contributed by atoms with van der Waals surface area (Å²) in [7, 11) is 0. The lowest BCUT2D eigenvalue weighted by Crippen LogP contribution is -2.51. The number of aliphatic hydroxyl groups excluding tert-OH is 2. The lowest BCUT2D eigenvalue weighted by Gasteiger charge is -2.58. The van der Waals surface area contributed by atoms with E-state index in [1.165, 1.54) is 108 Å². The Morgan fingerprint density at radius 1 is 0.517 bits per heavy atom. The summed E-state index contributed by atoms with van der Waals surface area (Å²) in [5.74, 6) is 7.69. The van der Waals surface area contributed by atoms with E-state index in [1.54, 1.807) is 18.1 Å². The average Bonchev–Trinajstić information content (AvgIpc) is 1.72. The monoisotopic (exact) mass is 1250 g/mol. The zero-order chi connectivity index (χ0) is 63.8. The number of hydrogen-bond acceptors (Lipinski definition) is 11. The van der Waals surface area contributed by atoms with Crippen molar-refractivity contribution in [2.45, 2.75) is 255 Å². The molecule has 0 aliphatic heterocycles. The number of carboxylic acids is 1. The molecule has 12 aliphatic carbocycles. The first kappa shape index (κ1) is 69.3. The van der Waals surface area contributed by atoms with Crippen LogP contribution in [-0.4, -0.2) is 73.9 Å². The van der Waals surface area contributed by atoms with Crippen LogP contribution in [-0.2, 0) is 23.9 Å². The van der Waals surface area contributed by atoms with E-state index in [9.17, 15) is 44.3 Å². The number of nitrogens with zero attached hydrogens (tertiary/aromatic N) is 1. The van der Waals surface area contributed by atoms with Crippen LogP contribution in [0.3, 0.4) is 0 Å².